The number of hydrogen-bond acceptors (Lipinski definition) is 3. The summed E-state index contributed by atoms with van der Waals surface area (Å²) in [5.74, 6) is -0.566. The molecule has 19 heavy (non-hydrogen) atoms. The van der Waals surface area contributed by atoms with Crippen molar-refractivity contribution in [1.29, 1.82) is 0 Å². The van der Waals surface area contributed by atoms with Crippen LogP contribution in [0.15, 0.2) is 22.8 Å². The van der Waals surface area contributed by atoms with Gasteiger partial charge in [0.25, 0.3) is 0 Å². The van der Waals surface area contributed by atoms with Gasteiger partial charge in [0.15, 0.2) is 0 Å². The Labute approximate surface area is 111 Å². The van der Waals surface area contributed by atoms with Gasteiger partial charge in [-0.25, -0.2) is 4.79 Å². The van der Waals surface area contributed by atoms with Crippen LogP contribution in [0.25, 0.3) is 0 Å². The van der Waals surface area contributed by atoms with E-state index in [1.165, 1.54) is 0 Å². The molecule has 1 aromatic rings. The summed E-state index contributed by atoms with van der Waals surface area (Å²) < 4.78 is 5.19. The third-order valence-electron chi connectivity index (χ3n) is 3.34. The molecule has 104 valence electrons. The molecule has 1 aliphatic heterocycles. The van der Waals surface area contributed by atoms with Gasteiger partial charge in [0.1, 0.15) is 5.76 Å². The molecule has 1 unspecified atom stereocenters. The van der Waals surface area contributed by atoms with Crippen LogP contribution >= 0.6 is 0 Å². The maximum absolute atomic E-state index is 12.2. The Morgan fingerprint density at radius 2 is 2.37 bits per heavy atom. The average molecular weight is 266 g/mol. The SMILES string of the molecule is CN(Cc1ccco1)C(=O)N1CCCC(C(=O)O)C1. The van der Waals surface area contributed by atoms with Crippen LogP contribution in [0.3, 0.4) is 0 Å². The van der Waals surface area contributed by atoms with Gasteiger partial charge in [0.2, 0.25) is 0 Å². The number of carboxylic acid groups (broad SMARTS) is 1. The second-order valence-corrected chi connectivity index (χ2v) is 4.84. The van der Waals surface area contributed by atoms with Crippen molar-refractivity contribution in [1.82, 2.24) is 9.80 Å². The molecule has 0 saturated carbocycles. The van der Waals surface area contributed by atoms with Crippen molar-refractivity contribution in [3.63, 3.8) is 0 Å². The summed E-state index contributed by atoms with van der Waals surface area (Å²) in [6, 6.07) is 3.43. The number of carbonyl (C=O) groups excluding carboxylic acids is 1. The van der Waals surface area contributed by atoms with Crippen LogP contribution in [-0.2, 0) is 11.3 Å². The van der Waals surface area contributed by atoms with Gasteiger partial charge in [-0.15, -0.1) is 0 Å². The zero-order chi connectivity index (χ0) is 13.8. The van der Waals surface area contributed by atoms with E-state index < -0.39 is 11.9 Å². The lowest BCUT2D eigenvalue weighted by Crippen LogP contribution is -2.47. The van der Waals surface area contributed by atoms with Gasteiger partial charge in [-0.2, -0.15) is 0 Å². The molecule has 1 aromatic heterocycles. The number of piperidine rings is 1. The monoisotopic (exact) mass is 266 g/mol. The molecule has 0 bridgehead atoms. The molecule has 2 amide bonds. The molecule has 1 N–H and O–H groups in total. The van der Waals surface area contributed by atoms with Crippen molar-refractivity contribution in [2.24, 2.45) is 5.92 Å². The highest BCUT2D eigenvalue weighted by Crippen LogP contribution is 2.18. The molecule has 0 aliphatic carbocycles. The third-order valence-corrected chi connectivity index (χ3v) is 3.34. The Hall–Kier alpha value is -1.98. The normalized spacial score (nSPS) is 19.2. The predicted octanol–water partition coefficient (Wildman–Crippen LogP) is 1.63. The lowest BCUT2D eigenvalue weighted by Gasteiger charge is -2.33. The average Bonchev–Trinajstić information content (AvgIpc) is 2.90. The maximum Gasteiger partial charge on any atom is 0.320 e. The molecule has 6 heteroatoms. The fourth-order valence-electron chi connectivity index (χ4n) is 2.30. The number of urea groups is 1. The second-order valence-electron chi connectivity index (χ2n) is 4.84. The maximum atomic E-state index is 12.2. The summed E-state index contributed by atoms with van der Waals surface area (Å²) in [5.41, 5.74) is 0. The standard InChI is InChI=1S/C13H18N2O4/c1-14(9-11-5-3-7-19-11)13(18)15-6-2-4-10(8-15)12(16)17/h3,5,7,10H,2,4,6,8-9H2,1H3,(H,16,17). The van der Waals surface area contributed by atoms with Gasteiger partial charge in [-0.3, -0.25) is 4.79 Å². The Bertz CT molecular complexity index is 444. The van der Waals surface area contributed by atoms with Crippen LogP contribution in [0.5, 0.6) is 0 Å². The topological polar surface area (TPSA) is 74.0 Å². The highest BCUT2D eigenvalue weighted by atomic mass is 16.4. The number of carbonyl (C=O) groups is 2. The predicted molar refractivity (Wildman–Crippen MR) is 67.5 cm³/mol. The molecule has 1 saturated heterocycles. The zero-order valence-corrected chi connectivity index (χ0v) is 10.9. The van der Waals surface area contributed by atoms with Crippen molar-refractivity contribution in [3.8, 4) is 0 Å². The van der Waals surface area contributed by atoms with Crippen LogP contribution < -0.4 is 0 Å². The van der Waals surface area contributed by atoms with Crippen molar-refractivity contribution < 1.29 is 19.1 Å². The number of hydrogen-bond donors (Lipinski definition) is 1. The quantitative estimate of drug-likeness (QED) is 0.902. The third kappa shape index (κ3) is 3.27. The van der Waals surface area contributed by atoms with E-state index in [0.717, 1.165) is 6.42 Å². The molecular formula is C13H18N2O4. The summed E-state index contributed by atoms with van der Waals surface area (Å²) in [5, 5.41) is 9.02. The summed E-state index contributed by atoms with van der Waals surface area (Å²) in [6.45, 7) is 1.29. The number of furan rings is 1. The number of likely N-dealkylation sites (tertiary alicyclic amines) is 1. The van der Waals surface area contributed by atoms with Gasteiger partial charge in [-0.1, -0.05) is 0 Å². The first-order valence-electron chi connectivity index (χ1n) is 6.33. The fraction of sp³-hybridized carbons (Fsp3) is 0.538. The molecule has 1 aliphatic rings. The van der Waals surface area contributed by atoms with Crippen molar-refractivity contribution in [3.05, 3.63) is 24.2 Å². The van der Waals surface area contributed by atoms with E-state index in [4.69, 9.17) is 9.52 Å². The molecule has 2 heterocycles. The minimum atomic E-state index is -0.828. The Morgan fingerprint density at radius 3 is 3.00 bits per heavy atom. The van der Waals surface area contributed by atoms with E-state index in [1.54, 1.807) is 35.2 Å². The van der Waals surface area contributed by atoms with E-state index in [0.29, 0.717) is 25.3 Å². The van der Waals surface area contributed by atoms with Crippen molar-refractivity contribution in [2.75, 3.05) is 20.1 Å². The van der Waals surface area contributed by atoms with Gasteiger partial charge in [0.05, 0.1) is 18.7 Å². The van der Waals surface area contributed by atoms with E-state index in [2.05, 4.69) is 0 Å². The number of amides is 2. The molecule has 0 aromatic carbocycles. The van der Waals surface area contributed by atoms with E-state index >= 15 is 0 Å². The fourth-order valence-corrected chi connectivity index (χ4v) is 2.30. The number of nitrogens with zero attached hydrogens (tertiary/aromatic N) is 2. The second kappa shape index (κ2) is 5.77. The van der Waals surface area contributed by atoms with E-state index in [1.807, 2.05) is 0 Å². The molecule has 2 rings (SSSR count). The van der Waals surface area contributed by atoms with Crippen LogP contribution in [0.1, 0.15) is 18.6 Å². The van der Waals surface area contributed by atoms with E-state index in [9.17, 15) is 9.59 Å². The first-order chi connectivity index (χ1) is 9.08. The zero-order valence-electron chi connectivity index (χ0n) is 10.9. The molecule has 1 fully saturated rings. The molecule has 1 atom stereocenters. The number of rotatable bonds is 3. The van der Waals surface area contributed by atoms with Gasteiger partial charge in [0, 0.05) is 20.1 Å². The van der Waals surface area contributed by atoms with Crippen LogP contribution in [-0.4, -0.2) is 47.0 Å². The van der Waals surface area contributed by atoms with Gasteiger partial charge < -0.3 is 19.3 Å². The number of carboxylic acids is 1. The molecule has 0 radical (unpaired) electrons. The van der Waals surface area contributed by atoms with Gasteiger partial charge in [-0.05, 0) is 25.0 Å². The van der Waals surface area contributed by atoms with Crippen LogP contribution in [0, 0.1) is 5.92 Å². The lowest BCUT2D eigenvalue weighted by atomic mass is 9.99. The lowest BCUT2D eigenvalue weighted by molar-refractivity contribution is -0.143. The molecular weight excluding hydrogens is 248 g/mol. The van der Waals surface area contributed by atoms with Gasteiger partial charge >= 0.3 is 12.0 Å². The molecule has 6 nitrogen and oxygen atoms in total. The van der Waals surface area contributed by atoms with E-state index in [-0.39, 0.29) is 12.6 Å². The summed E-state index contributed by atoms with van der Waals surface area (Å²) >= 11 is 0. The highest BCUT2D eigenvalue weighted by Gasteiger charge is 2.29. The first-order valence-corrected chi connectivity index (χ1v) is 6.33. The number of aliphatic carboxylic acids is 1. The highest BCUT2D eigenvalue weighted by molar-refractivity contribution is 5.76. The summed E-state index contributed by atoms with van der Waals surface area (Å²) in [6.07, 6.45) is 2.94. The molecule has 0 spiro atoms. The van der Waals surface area contributed by atoms with Crippen molar-refractivity contribution in [2.45, 2.75) is 19.4 Å². The Balaban J connectivity index is 1.93. The minimum absolute atomic E-state index is 0.151. The minimum Gasteiger partial charge on any atom is -0.481 e. The van der Waals surface area contributed by atoms with Crippen LogP contribution in [0.2, 0.25) is 0 Å². The summed E-state index contributed by atoms with van der Waals surface area (Å²) in [4.78, 5) is 26.3. The smallest absolute Gasteiger partial charge is 0.320 e. The Kier molecular flexibility index (Phi) is 4.09. The first kappa shape index (κ1) is 13.5. The van der Waals surface area contributed by atoms with Crippen LogP contribution in [0.4, 0.5) is 4.79 Å². The summed E-state index contributed by atoms with van der Waals surface area (Å²) in [7, 11) is 1.69. The van der Waals surface area contributed by atoms with Crippen molar-refractivity contribution >= 4 is 12.0 Å². The Morgan fingerprint density at radius 1 is 1.58 bits per heavy atom. The largest absolute Gasteiger partial charge is 0.481 e.